The molecule has 0 radical (unpaired) electrons. The third kappa shape index (κ3) is 1.26. The van der Waals surface area contributed by atoms with Gasteiger partial charge >= 0.3 is 0 Å². The smallest absolute Gasteiger partial charge is 0.253 e. The van der Waals surface area contributed by atoms with E-state index >= 15 is 0 Å². The van der Waals surface area contributed by atoms with Crippen molar-refractivity contribution in [1.29, 1.82) is 0 Å². The molecule has 1 aliphatic heterocycles. The summed E-state index contributed by atoms with van der Waals surface area (Å²) in [6.07, 6.45) is 6.14. The van der Waals surface area contributed by atoms with Crippen molar-refractivity contribution in [2.75, 3.05) is 7.05 Å². The summed E-state index contributed by atoms with van der Waals surface area (Å²) in [4.78, 5) is 24.7. The van der Waals surface area contributed by atoms with Crippen molar-refractivity contribution in [3.63, 3.8) is 0 Å². The lowest BCUT2D eigenvalue weighted by molar-refractivity contribution is -0.140. The lowest BCUT2D eigenvalue weighted by atomic mass is 9.89. The topological polar surface area (TPSA) is 49.4 Å². The molecule has 3 rings (SSSR count). The highest BCUT2D eigenvalue weighted by molar-refractivity contribution is 6.13. The predicted octanol–water partition coefficient (Wildman–Crippen LogP) is 0.298. The molecule has 0 aromatic heterocycles. The summed E-state index contributed by atoms with van der Waals surface area (Å²) in [5.74, 6) is 0.895. The van der Waals surface area contributed by atoms with Crippen LogP contribution < -0.4 is 5.32 Å². The normalized spacial score (nSPS) is 41.4. The van der Waals surface area contributed by atoms with Crippen LogP contribution in [0.15, 0.2) is 12.2 Å². The van der Waals surface area contributed by atoms with E-state index in [2.05, 4.69) is 5.32 Å². The Kier molecular flexibility index (Phi) is 2.14. The van der Waals surface area contributed by atoms with Gasteiger partial charge in [-0.15, -0.1) is 0 Å². The molecule has 0 aromatic carbocycles. The lowest BCUT2D eigenvalue weighted by Gasteiger charge is -2.34. The minimum Gasteiger partial charge on any atom is -0.317 e. The monoisotopic (exact) mass is 220 g/mol. The molecule has 4 atom stereocenters. The highest BCUT2D eigenvalue weighted by Gasteiger charge is 2.50. The first-order chi connectivity index (χ1) is 7.70. The molecule has 3 aliphatic rings. The number of fused-ring (bicyclic) bond motifs is 2. The van der Waals surface area contributed by atoms with E-state index in [1.165, 1.54) is 23.5 Å². The van der Waals surface area contributed by atoms with Gasteiger partial charge in [0.25, 0.3) is 11.8 Å². The van der Waals surface area contributed by atoms with Crippen LogP contribution in [0, 0.1) is 11.8 Å². The molecule has 4 unspecified atom stereocenters. The Morgan fingerprint density at radius 1 is 1.19 bits per heavy atom. The van der Waals surface area contributed by atoms with Crippen molar-refractivity contribution < 1.29 is 9.59 Å². The fourth-order valence-corrected chi connectivity index (χ4v) is 3.68. The van der Waals surface area contributed by atoms with Gasteiger partial charge < -0.3 is 5.32 Å². The third-order valence-electron chi connectivity index (χ3n) is 4.32. The van der Waals surface area contributed by atoms with E-state index in [9.17, 15) is 9.59 Å². The van der Waals surface area contributed by atoms with Gasteiger partial charge in [0.15, 0.2) is 0 Å². The zero-order valence-electron chi connectivity index (χ0n) is 9.35. The number of nitrogens with one attached hydrogen (secondary N) is 1. The summed E-state index contributed by atoms with van der Waals surface area (Å²) < 4.78 is 0. The molecular formula is C12H16N2O2. The van der Waals surface area contributed by atoms with Gasteiger partial charge in [0, 0.05) is 24.2 Å². The highest BCUT2D eigenvalue weighted by atomic mass is 16.2. The van der Waals surface area contributed by atoms with Gasteiger partial charge in [-0.1, -0.05) is 0 Å². The molecule has 1 N–H and O–H groups in total. The fraction of sp³-hybridized carbons (Fsp3) is 0.667. The summed E-state index contributed by atoms with van der Waals surface area (Å²) in [6, 6.07) is 0.608. The SMILES string of the molecule is CNC1CC2CC1C(N1C(=O)C=CC1=O)C2. The van der Waals surface area contributed by atoms with Crippen LogP contribution >= 0.6 is 0 Å². The van der Waals surface area contributed by atoms with Crippen LogP contribution in [-0.2, 0) is 9.59 Å². The first kappa shape index (κ1) is 10.0. The van der Waals surface area contributed by atoms with Crippen LogP contribution in [0.4, 0.5) is 0 Å². The van der Waals surface area contributed by atoms with Crippen molar-refractivity contribution in [1.82, 2.24) is 10.2 Å². The van der Waals surface area contributed by atoms with E-state index in [1.54, 1.807) is 0 Å². The Bertz CT molecular complexity index is 359. The van der Waals surface area contributed by atoms with Crippen molar-refractivity contribution in [2.45, 2.75) is 31.3 Å². The standard InChI is InChI=1S/C12H16N2O2/c1-13-9-5-7-4-8(9)10(6-7)14-11(15)2-3-12(14)16/h2-3,7-10,13H,4-6H2,1H3. The van der Waals surface area contributed by atoms with E-state index in [0.717, 1.165) is 12.8 Å². The summed E-state index contributed by atoms with van der Waals surface area (Å²) in [5, 5.41) is 3.31. The summed E-state index contributed by atoms with van der Waals surface area (Å²) in [7, 11) is 1.97. The molecule has 4 nitrogen and oxygen atoms in total. The third-order valence-corrected chi connectivity index (χ3v) is 4.32. The van der Waals surface area contributed by atoms with Crippen LogP contribution in [0.2, 0.25) is 0 Å². The van der Waals surface area contributed by atoms with Crippen molar-refractivity contribution in [2.24, 2.45) is 11.8 Å². The minimum atomic E-state index is -0.127. The quantitative estimate of drug-likeness (QED) is 0.681. The van der Waals surface area contributed by atoms with Gasteiger partial charge in [-0.3, -0.25) is 14.5 Å². The largest absolute Gasteiger partial charge is 0.317 e. The average molecular weight is 220 g/mol. The second kappa shape index (κ2) is 3.42. The molecule has 86 valence electrons. The van der Waals surface area contributed by atoms with Crippen LogP contribution in [0.1, 0.15) is 19.3 Å². The average Bonchev–Trinajstić information content (AvgIpc) is 2.92. The number of carbonyl (C=O) groups is 2. The second-order valence-electron chi connectivity index (χ2n) is 5.08. The van der Waals surface area contributed by atoms with E-state index in [0.29, 0.717) is 17.9 Å². The van der Waals surface area contributed by atoms with Gasteiger partial charge in [-0.2, -0.15) is 0 Å². The van der Waals surface area contributed by atoms with E-state index in [4.69, 9.17) is 0 Å². The van der Waals surface area contributed by atoms with Crippen LogP contribution in [0.25, 0.3) is 0 Å². The predicted molar refractivity (Wildman–Crippen MR) is 58.5 cm³/mol. The number of hydrogen-bond acceptors (Lipinski definition) is 3. The highest BCUT2D eigenvalue weighted by Crippen LogP contribution is 2.47. The zero-order chi connectivity index (χ0) is 11.3. The maximum absolute atomic E-state index is 11.6. The van der Waals surface area contributed by atoms with Gasteiger partial charge in [0.1, 0.15) is 0 Å². The molecule has 0 aromatic rings. The molecular weight excluding hydrogens is 204 g/mol. The molecule has 4 heteroatoms. The molecule has 0 saturated heterocycles. The van der Waals surface area contributed by atoms with Gasteiger partial charge in [0.05, 0.1) is 0 Å². The minimum absolute atomic E-state index is 0.127. The van der Waals surface area contributed by atoms with E-state index < -0.39 is 0 Å². The first-order valence-corrected chi connectivity index (χ1v) is 5.93. The molecule has 1 heterocycles. The maximum Gasteiger partial charge on any atom is 0.253 e. The zero-order valence-corrected chi connectivity index (χ0v) is 9.35. The van der Waals surface area contributed by atoms with E-state index in [-0.39, 0.29) is 17.9 Å². The molecule has 2 bridgehead atoms. The van der Waals surface area contributed by atoms with Gasteiger partial charge in [-0.25, -0.2) is 0 Å². The Morgan fingerprint density at radius 2 is 1.88 bits per heavy atom. The molecule has 2 aliphatic carbocycles. The molecule has 2 fully saturated rings. The summed E-state index contributed by atoms with van der Waals surface area (Å²) >= 11 is 0. The maximum atomic E-state index is 11.6. The number of nitrogens with zero attached hydrogens (tertiary/aromatic N) is 1. The number of carbonyl (C=O) groups excluding carboxylic acids is 2. The number of imide groups is 1. The van der Waals surface area contributed by atoms with Crippen molar-refractivity contribution in [3.8, 4) is 0 Å². The van der Waals surface area contributed by atoms with Crippen molar-refractivity contribution in [3.05, 3.63) is 12.2 Å². The first-order valence-electron chi connectivity index (χ1n) is 5.93. The van der Waals surface area contributed by atoms with Crippen LogP contribution in [0.5, 0.6) is 0 Å². The summed E-state index contributed by atoms with van der Waals surface area (Å²) in [6.45, 7) is 0. The van der Waals surface area contributed by atoms with Crippen LogP contribution in [-0.4, -0.2) is 35.8 Å². The Balaban J connectivity index is 1.82. The molecule has 16 heavy (non-hydrogen) atoms. The lowest BCUT2D eigenvalue weighted by Crippen LogP contribution is -2.49. The molecule has 0 spiro atoms. The number of rotatable bonds is 2. The van der Waals surface area contributed by atoms with Gasteiger partial charge in [0.2, 0.25) is 0 Å². The van der Waals surface area contributed by atoms with Gasteiger partial charge in [-0.05, 0) is 38.1 Å². The molecule has 2 saturated carbocycles. The van der Waals surface area contributed by atoms with E-state index in [1.807, 2.05) is 7.05 Å². The Morgan fingerprint density at radius 3 is 2.44 bits per heavy atom. The summed E-state index contributed by atoms with van der Waals surface area (Å²) in [5.41, 5.74) is 0. The second-order valence-corrected chi connectivity index (χ2v) is 5.08. The molecule has 2 amide bonds. The Labute approximate surface area is 94.7 Å². The number of hydrogen-bond donors (Lipinski definition) is 1. The van der Waals surface area contributed by atoms with Crippen LogP contribution in [0.3, 0.4) is 0 Å². The Hall–Kier alpha value is -1.16. The number of amides is 2. The fourth-order valence-electron chi connectivity index (χ4n) is 3.68. The van der Waals surface area contributed by atoms with Crippen molar-refractivity contribution >= 4 is 11.8 Å².